The molecule has 2 amide bonds. The molecule has 6 heteroatoms. The van der Waals surface area contributed by atoms with Crippen molar-refractivity contribution in [2.24, 2.45) is 0 Å². The molecule has 1 aromatic carbocycles. The van der Waals surface area contributed by atoms with Crippen molar-refractivity contribution in [3.8, 4) is 0 Å². The second-order valence-corrected chi connectivity index (χ2v) is 6.42. The van der Waals surface area contributed by atoms with E-state index in [4.69, 9.17) is 5.11 Å². The maximum Gasteiger partial charge on any atom is 0.335 e. The molecule has 0 aliphatic carbocycles. The van der Waals surface area contributed by atoms with Crippen molar-refractivity contribution >= 4 is 23.8 Å². The molecule has 1 saturated heterocycles. The van der Waals surface area contributed by atoms with Crippen LogP contribution in [0.3, 0.4) is 0 Å². The van der Waals surface area contributed by atoms with Crippen LogP contribution in [0.5, 0.6) is 0 Å². The molecule has 0 saturated carbocycles. The van der Waals surface area contributed by atoms with Gasteiger partial charge in [-0.05, 0) is 29.9 Å². The topological polar surface area (TPSA) is 60.9 Å². The van der Waals surface area contributed by atoms with Crippen molar-refractivity contribution in [1.29, 1.82) is 0 Å². The van der Waals surface area contributed by atoms with Crippen LogP contribution in [-0.2, 0) is 6.54 Å². The van der Waals surface area contributed by atoms with Crippen LogP contribution in [0.15, 0.2) is 24.3 Å². The lowest BCUT2D eigenvalue weighted by molar-refractivity contribution is 0.0696. The van der Waals surface area contributed by atoms with E-state index in [-0.39, 0.29) is 11.6 Å². The van der Waals surface area contributed by atoms with Gasteiger partial charge in [0.1, 0.15) is 0 Å². The summed E-state index contributed by atoms with van der Waals surface area (Å²) in [6.07, 6.45) is 1.05. The second kappa shape index (κ2) is 6.85. The summed E-state index contributed by atoms with van der Waals surface area (Å²) in [5.74, 6) is 1.18. The zero-order valence-corrected chi connectivity index (χ0v) is 13.1. The van der Waals surface area contributed by atoms with Gasteiger partial charge in [0.2, 0.25) is 0 Å². The van der Waals surface area contributed by atoms with Crippen molar-refractivity contribution in [2.45, 2.75) is 19.0 Å². The number of thioether (sulfide) groups is 1. The summed E-state index contributed by atoms with van der Waals surface area (Å²) < 4.78 is 0. The fourth-order valence-electron chi connectivity index (χ4n) is 2.35. The molecular weight excluding hydrogens is 288 g/mol. The van der Waals surface area contributed by atoms with E-state index in [1.54, 1.807) is 36.2 Å². The molecule has 0 aromatic heterocycles. The zero-order chi connectivity index (χ0) is 15.4. The van der Waals surface area contributed by atoms with Gasteiger partial charge in [-0.1, -0.05) is 12.1 Å². The molecule has 21 heavy (non-hydrogen) atoms. The Labute approximate surface area is 128 Å². The molecule has 5 nitrogen and oxygen atoms in total. The fourth-order valence-corrected chi connectivity index (χ4v) is 3.61. The first kappa shape index (κ1) is 15.7. The summed E-state index contributed by atoms with van der Waals surface area (Å²) in [5, 5.41) is 8.87. The van der Waals surface area contributed by atoms with Crippen molar-refractivity contribution in [2.75, 3.05) is 25.6 Å². The molecule has 1 N–H and O–H groups in total. The minimum atomic E-state index is -0.940. The molecule has 0 radical (unpaired) electrons. The Morgan fingerprint density at radius 2 is 1.95 bits per heavy atom. The summed E-state index contributed by atoms with van der Waals surface area (Å²) in [5.41, 5.74) is 1.18. The van der Waals surface area contributed by atoms with Crippen LogP contribution in [0, 0.1) is 0 Å². The second-order valence-electron chi connectivity index (χ2n) is 5.27. The molecule has 0 bridgehead atoms. The highest BCUT2D eigenvalue weighted by Gasteiger charge is 2.25. The van der Waals surface area contributed by atoms with Crippen LogP contribution >= 0.6 is 11.8 Å². The third-order valence-electron chi connectivity index (χ3n) is 3.70. The maximum atomic E-state index is 12.4. The number of urea groups is 1. The van der Waals surface area contributed by atoms with Gasteiger partial charge < -0.3 is 14.9 Å². The quantitative estimate of drug-likeness (QED) is 0.927. The highest BCUT2D eigenvalue weighted by molar-refractivity contribution is 7.99. The molecule has 1 aliphatic rings. The largest absolute Gasteiger partial charge is 0.478 e. The molecule has 1 aromatic rings. The van der Waals surface area contributed by atoms with Crippen LogP contribution in [-0.4, -0.2) is 58.5 Å². The Morgan fingerprint density at radius 1 is 1.29 bits per heavy atom. The lowest BCUT2D eigenvalue weighted by atomic mass is 10.1. The summed E-state index contributed by atoms with van der Waals surface area (Å²) in [6.45, 7) is 0.475. The van der Waals surface area contributed by atoms with Crippen LogP contribution in [0.4, 0.5) is 4.79 Å². The molecule has 1 unspecified atom stereocenters. The van der Waals surface area contributed by atoms with Gasteiger partial charge in [-0.15, -0.1) is 0 Å². The lowest BCUT2D eigenvalue weighted by Gasteiger charge is -2.29. The van der Waals surface area contributed by atoms with Crippen LogP contribution in [0.25, 0.3) is 0 Å². The number of nitrogens with zero attached hydrogens (tertiary/aromatic N) is 2. The van der Waals surface area contributed by atoms with Gasteiger partial charge in [-0.25, -0.2) is 9.59 Å². The highest BCUT2D eigenvalue weighted by atomic mass is 32.2. The van der Waals surface area contributed by atoms with Crippen molar-refractivity contribution in [3.63, 3.8) is 0 Å². The monoisotopic (exact) mass is 308 g/mol. The number of amides is 2. The number of benzene rings is 1. The Hall–Kier alpha value is -1.69. The first-order chi connectivity index (χ1) is 9.99. The van der Waals surface area contributed by atoms with E-state index in [1.807, 2.05) is 23.7 Å². The predicted molar refractivity (Wildman–Crippen MR) is 83.8 cm³/mol. The molecule has 1 fully saturated rings. The number of carbonyl (C=O) groups excluding carboxylic acids is 1. The van der Waals surface area contributed by atoms with Gasteiger partial charge in [-0.3, -0.25) is 0 Å². The number of carboxylic acid groups (broad SMARTS) is 1. The summed E-state index contributed by atoms with van der Waals surface area (Å²) >= 11 is 1.88. The third kappa shape index (κ3) is 3.91. The number of carbonyl (C=O) groups is 2. The molecule has 1 heterocycles. The van der Waals surface area contributed by atoms with E-state index in [1.165, 1.54) is 0 Å². The van der Waals surface area contributed by atoms with Gasteiger partial charge in [0.25, 0.3) is 0 Å². The summed E-state index contributed by atoms with van der Waals surface area (Å²) in [4.78, 5) is 26.6. The van der Waals surface area contributed by atoms with Gasteiger partial charge in [-0.2, -0.15) is 11.8 Å². The molecule has 1 atom stereocenters. The van der Waals surface area contributed by atoms with Crippen molar-refractivity contribution < 1.29 is 14.7 Å². The van der Waals surface area contributed by atoms with Crippen LogP contribution in [0.2, 0.25) is 0 Å². The first-order valence-corrected chi connectivity index (χ1v) is 8.02. The third-order valence-corrected chi connectivity index (χ3v) is 4.85. The number of hydrogen-bond acceptors (Lipinski definition) is 3. The van der Waals surface area contributed by atoms with Crippen LogP contribution in [0.1, 0.15) is 22.3 Å². The van der Waals surface area contributed by atoms with Gasteiger partial charge in [0, 0.05) is 32.4 Å². The molecule has 0 spiro atoms. The predicted octanol–water partition coefficient (Wildman–Crippen LogP) is 2.37. The Bertz CT molecular complexity index is 512. The number of rotatable bonds is 4. The van der Waals surface area contributed by atoms with Crippen LogP contribution < -0.4 is 0 Å². The Balaban J connectivity index is 1.94. The van der Waals surface area contributed by atoms with E-state index in [0.29, 0.717) is 12.6 Å². The maximum absolute atomic E-state index is 12.4. The number of hydrogen-bond donors (Lipinski definition) is 1. The average Bonchev–Trinajstić information content (AvgIpc) is 3.00. The molecule has 1 aliphatic heterocycles. The smallest absolute Gasteiger partial charge is 0.335 e. The van der Waals surface area contributed by atoms with E-state index in [2.05, 4.69) is 0 Å². The standard InChI is InChI=1S/C15H20N2O3S/c1-16(15(20)17(2)13-7-8-21-10-13)9-11-3-5-12(6-4-11)14(18)19/h3-6,13H,7-10H2,1-2H3,(H,18,19). The Morgan fingerprint density at radius 3 is 2.48 bits per heavy atom. The number of aromatic carboxylic acids is 1. The normalized spacial score (nSPS) is 17.5. The van der Waals surface area contributed by atoms with Crippen molar-refractivity contribution in [3.05, 3.63) is 35.4 Å². The fraction of sp³-hybridized carbons (Fsp3) is 0.467. The molecule has 114 valence electrons. The lowest BCUT2D eigenvalue weighted by Crippen LogP contribution is -2.44. The van der Waals surface area contributed by atoms with Gasteiger partial charge in [0.05, 0.1) is 5.56 Å². The van der Waals surface area contributed by atoms with E-state index in [0.717, 1.165) is 23.5 Å². The minimum absolute atomic E-state index is 0.00445. The number of carboxylic acids is 1. The van der Waals surface area contributed by atoms with E-state index >= 15 is 0 Å². The minimum Gasteiger partial charge on any atom is -0.478 e. The first-order valence-electron chi connectivity index (χ1n) is 6.87. The summed E-state index contributed by atoms with van der Waals surface area (Å²) in [7, 11) is 3.62. The SMILES string of the molecule is CN(Cc1ccc(C(=O)O)cc1)C(=O)N(C)C1CCSC1. The molecule has 2 rings (SSSR count). The van der Waals surface area contributed by atoms with Gasteiger partial charge >= 0.3 is 12.0 Å². The van der Waals surface area contributed by atoms with E-state index in [9.17, 15) is 9.59 Å². The summed E-state index contributed by atoms with van der Waals surface area (Å²) in [6, 6.07) is 6.95. The van der Waals surface area contributed by atoms with Crippen molar-refractivity contribution in [1.82, 2.24) is 9.80 Å². The highest BCUT2D eigenvalue weighted by Crippen LogP contribution is 2.22. The zero-order valence-electron chi connectivity index (χ0n) is 12.3. The molecular formula is C15H20N2O3S. The Kier molecular flexibility index (Phi) is 5.12. The van der Waals surface area contributed by atoms with E-state index < -0.39 is 5.97 Å². The average molecular weight is 308 g/mol. The van der Waals surface area contributed by atoms with Gasteiger partial charge in [0.15, 0.2) is 0 Å².